The molecular weight excluding hydrogens is 587 g/mol. The smallest absolute Gasteiger partial charge is 0.164 e. The van der Waals surface area contributed by atoms with Crippen LogP contribution in [0.2, 0.25) is 0 Å². The molecule has 0 aliphatic rings. The first-order chi connectivity index (χ1) is 23.8. The molecule has 0 aliphatic carbocycles. The Kier molecular flexibility index (Phi) is 5.05. The third-order valence-corrected chi connectivity index (χ3v) is 9.85. The van der Waals surface area contributed by atoms with E-state index in [-0.39, 0.29) is 0 Å². The molecule has 0 bridgehead atoms. The van der Waals surface area contributed by atoms with Gasteiger partial charge in [-0.05, 0) is 35.0 Å². The zero-order valence-corrected chi connectivity index (χ0v) is 25.7. The maximum atomic E-state index is 5.06. The Bertz CT molecular complexity index is 2950. The number of hydrogen-bond acceptors (Lipinski definition) is 3. The maximum absolute atomic E-state index is 5.06. The van der Waals surface area contributed by atoms with Crippen LogP contribution in [0, 0.1) is 0 Å². The van der Waals surface area contributed by atoms with Crippen molar-refractivity contribution in [2.24, 2.45) is 0 Å². The van der Waals surface area contributed by atoms with Crippen LogP contribution in [0.4, 0.5) is 0 Å². The van der Waals surface area contributed by atoms with E-state index in [9.17, 15) is 0 Å². The second-order valence-corrected chi connectivity index (χ2v) is 12.4. The van der Waals surface area contributed by atoms with Gasteiger partial charge in [-0.25, -0.2) is 15.0 Å². The minimum absolute atomic E-state index is 0.649. The van der Waals surface area contributed by atoms with Gasteiger partial charge in [-0.15, -0.1) is 0 Å². The molecule has 11 rings (SSSR count). The fourth-order valence-corrected chi connectivity index (χ4v) is 7.86. The molecule has 222 valence electrons. The van der Waals surface area contributed by atoms with Crippen molar-refractivity contribution in [1.82, 2.24) is 23.8 Å². The van der Waals surface area contributed by atoms with Gasteiger partial charge in [0.2, 0.25) is 0 Å². The van der Waals surface area contributed by atoms with Crippen LogP contribution >= 0.6 is 0 Å². The zero-order chi connectivity index (χ0) is 31.3. The summed E-state index contributed by atoms with van der Waals surface area (Å²) in [7, 11) is 0. The lowest BCUT2D eigenvalue weighted by Gasteiger charge is -2.13. The fourth-order valence-electron chi connectivity index (χ4n) is 7.86. The topological polar surface area (TPSA) is 47.5 Å². The minimum Gasteiger partial charge on any atom is -0.305 e. The van der Waals surface area contributed by atoms with E-state index in [4.69, 9.17) is 15.0 Å². The van der Waals surface area contributed by atoms with E-state index in [0.29, 0.717) is 17.5 Å². The van der Waals surface area contributed by atoms with Gasteiger partial charge in [-0.2, -0.15) is 0 Å². The molecule has 0 radical (unpaired) electrons. The largest absolute Gasteiger partial charge is 0.305 e. The van der Waals surface area contributed by atoms with Gasteiger partial charge < -0.3 is 8.80 Å². The standard InChI is InChI=1S/C43H25N5/c1-3-13-26(14-4-1)41-44-42(27-15-5-2-6-16-27)46-43(45-41)28-23-24-32-36(25-28)48-35-22-12-11-21-34(35)47-33-20-10-9-19-31(33)37-29-17-7-8-18-30(29)38(32)40(48)39(37)47/h1-25H. The second-order valence-electron chi connectivity index (χ2n) is 12.4. The predicted molar refractivity (Wildman–Crippen MR) is 197 cm³/mol. The molecule has 0 amide bonds. The Morgan fingerprint density at radius 3 is 1.29 bits per heavy atom. The van der Waals surface area contributed by atoms with Crippen LogP contribution in [0.3, 0.4) is 0 Å². The number of hydrogen-bond donors (Lipinski definition) is 0. The predicted octanol–water partition coefficient (Wildman–Crippen LogP) is 10.6. The molecule has 0 atom stereocenters. The Balaban J connectivity index is 1.30. The molecule has 0 N–H and O–H groups in total. The van der Waals surface area contributed by atoms with Gasteiger partial charge in [0, 0.05) is 38.2 Å². The highest BCUT2D eigenvalue weighted by Crippen LogP contribution is 2.47. The average molecular weight is 612 g/mol. The summed E-state index contributed by atoms with van der Waals surface area (Å²) >= 11 is 0. The van der Waals surface area contributed by atoms with Gasteiger partial charge in [0.1, 0.15) is 0 Å². The molecule has 0 aliphatic heterocycles. The third kappa shape index (κ3) is 3.37. The fraction of sp³-hybridized carbons (Fsp3) is 0. The molecule has 4 aromatic heterocycles. The molecule has 0 spiro atoms. The van der Waals surface area contributed by atoms with Crippen molar-refractivity contribution in [3.63, 3.8) is 0 Å². The van der Waals surface area contributed by atoms with Gasteiger partial charge in [-0.1, -0.05) is 127 Å². The van der Waals surface area contributed by atoms with E-state index >= 15 is 0 Å². The molecule has 0 saturated carbocycles. The van der Waals surface area contributed by atoms with Crippen LogP contribution in [-0.2, 0) is 0 Å². The SMILES string of the molecule is c1ccc(-c2nc(-c3ccccc3)nc(-c3ccc4c5c6ccccc6c6c7ccccc7n7c8ccccc8n(c4c3)c5c67)n2)cc1. The summed E-state index contributed by atoms with van der Waals surface area (Å²) in [6.45, 7) is 0. The average Bonchev–Trinajstić information content (AvgIpc) is 3.69. The minimum atomic E-state index is 0.649. The van der Waals surface area contributed by atoms with Crippen molar-refractivity contribution in [1.29, 1.82) is 0 Å². The van der Waals surface area contributed by atoms with Crippen LogP contribution in [0.25, 0.3) is 99.6 Å². The molecule has 7 aromatic carbocycles. The van der Waals surface area contributed by atoms with Crippen molar-refractivity contribution >= 4 is 65.4 Å². The summed E-state index contributed by atoms with van der Waals surface area (Å²) in [4.78, 5) is 15.1. The summed E-state index contributed by atoms with van der Waals surface area (Å²) in [5.74, 6) is 1.96. The van der Waals surface area contributed by atoms with Crippen LogP contribution in [0.5, 0.6) is 0 Å². The lowest BCUT2D eigenvalue weighted by Crippen LogP contribution is -2.00. The highest BCUT2D eigenvalue weighted by atomic mass is 15.0. The molecule has 5 nitrogen and oxygen atoms in total. The second kappa shape index (κ2) is 9.47. The van der Waals surface area contributed by atoms with E-state index in [0.717, 1.165) is 27.7 Å². The first kappa shape index (κ1) is 25.6. The van der Waals surface area contributed by atoms with Gasteiger partial charge in [0.15, 0.2) is 17.5 Å². The maximum Gasteiger partial charge on any atom is 0.164 e. The summed E-state index contributed by atoms with van der Waals surface area (Å²) in [6.07, 6.45) is 0. The quantitative estimate of drug-likeness (QED) is 0.187. The molecule has 11 aromatic rings. The number of fused-ring (bicyclic) bond motifs is 12. The van der Waals surface area contributed by atoms with E-state index in [1.54, 1.807) is 0 Å². The Morgan fingerprint density at radius 2 is 0.729 bits per heavy atom. The van der Waals surface area contributed by atoms with Gasteiger partial charge in [0.05, 0.1) is 33.1 Å². The van der Waals surface area contributed by atoms with Crippen molar-refractivity contribution in [3.8, 4) is 34.2 Å². The first-order valence-electron chi connectivity index (χ1n) is 16.2. The summed E-state index contributed by atoms with van der Waals surface area (Å²) in [6, 6.07) is 53.4. The van der Waals surface area contributed by atoms with Crippen molar-refractivity contribution in [3.05, 3.63) is 152 Å². The van der Waals surface area contributed by atoms with Gasteiger partial charge >= 0.3 is 0 Å². The van der Waals surface area contributed by atoms with E-state index in [1.807, 2.05) is 60.7 Å². The van der Waals surface area contributed by atoms with Crippen LogP contribution in [-0.4, -0.2) is 23.8 Å². The lowest BCUT2D eigenvalue weighted by molar-refractivity contribution is 1.07. The van der Waals surface area contributed by atoms with Gasteiger partial charge in [0.25, 0.3) is 0 Å². The highest BCUT2D eigenvalue weighted by Gasteiger charge is 2.25. The Labute approximate surface area is 274 Å². The van der Waals surface area contributed by atoms with E-state index < -0.39 is 0 Å². The van der Waals surface area contributed by atoms with Gasteiger partial charge in [-0.3, -0.25) is 0 Å². The zero-order valence-electron chi connectivity index (χ0n) is 25.7. The van der Waals surface area contributed by atoms with Crippen LogP contribution < -0.4 is 0 Å². The Hall–Kier alpha value is -6.59. The normalized spacial score (nSPS) is 12.2. The number of aromatic nitrogens is 5. The first-order valence-corrected chi connectivity index (χ1v) is 16.2. The molecular formula is C43H25N5. The molecule has 0 unspecified atom stereocenters. The van der Waals surface area contributed by atoms with Crippen molar-refractivity contribution < 1.29 is 0 Å². The molecule has 5 heteroatoms. The molecule has 0 fully saturated rings. The van der Waals surface area contributed by atoms with Crippen LogP contribution in [0.1, 0.15) is 0 Å². The monoisotopic (exact) mass is 611 g/mol. The van der Waals surface area contributed by atoms with E-state index in [1.165, 1.54) is 54.4 Å². The number of nitrogens with zero attached hydrogens (tertiary/aromatic N) is 5. The van der Waals surface area contributed by atoms with Crippen molar-refractivity contribution in [2.45, 2.75) is 0 Å². The molecule has 48 heavy (non-hydrogen) atoms. The van der Waals surface area contributed by atoms with Crippen molar-refractivity contribution in [2.75, 3.05) is 0 Å². The number of para-hydroxylation sites is 3. The molecule has 4 heterocycles. The summed E-state index contributed by atoms with van der Waals surface area (Å²) in [5, 5.41) is 7.58. The summed E-state index contributed by atoms with van der Waals surface area (Å²) in [5.41, 5.74) is 10.0. The van der Waals surface area contributed by atoms with Crippen LogP contribution in [0.15, 0.2) is 152 Å². The molecule has 0 saturated heterocycles. The highest BCUT2D eigenvalue weighted by molar-refractivity contribution is 6.37. The third-order valence-electron chi connectivity index (χ3n) is 9.85. The number of rotatable bonds is 3. The summed E-state index contributed by atoms with van der Waals surface area (Å²) < 4.78 is 4.94. The Morgan fingerprint density at radius 1 is 0.312 bits per heavy atom. The van der Waals surface area contributed by atoms with E-state index in [2.05, 4.69) is 99.8 Å². The number of benzene rings is 7. The lowest BCUT2D eigenvalue weighted by atomic mass is 9.98.